The molecule has 4 rings (SSSR count). The maximum atomic E-state index is 12.4. The van der Waals surface area contributed by atoms with Crippen LogP contribution in [-0.4, -0.2) is 20.5 Å². The zero-order valence-corrected chi connectivity index (χ0v) is 15.2. The maximum absolute atomic E-state index is 12.4. The van der Waals surface area contributed by atoms with Gasteiger partial charge < -0.3 is 10.1 Å². The molecule has 0 saturated heterocycles. The molecule has 0 aliphatic heterocycles. The summed E-state index contributed by atoms with van der Waals surface area (Å²) in [6, 6.07) is 9.69. The van der Waals surface area contributed by atoms with Crippen molar-refractivity contribution in [3.8, 4) is 11.1 Å². The van der Waals surface area contributed by atoms with Gasteiger partial charge in [-0.1, -0.05) is 29.8 Å². The molecule has 2 N–H and O–H groups in total. The minimum absolute atomic E-state index is 0.175. The monoisotopic (exact) mass is 362 g/mol. The topological polar surface area (TPSA) is 91.6 Å². The highest BCUT2D eigenvalue weighted by molar-refractivity contribution is 6.08. The van der Waals surface area contributed by atoms with Crippen molar-refractivity contribution in [3.05, 3.63) is 73.4 Å². The summed E-state index contributed by atoms with van der Waals surface area (Å²) in [6.45, 7) is 5.54. The molecule has 136 valence electrons. The van der Waals surface area contributed by atoms with Crippen LogP contribution in [0.4, 0.5) is 0 Å². The van der Waals surface area contributed by atoms with Gasteiger partial charge in [-0.05, 0) is 49.1 Å². The van der Waals surface area contributed by atoms with E-state index in [-0.39, 0.29) is 6.42 Å². The Kier molecular flexibility index (Phi) is 3.66. The summed E-state index contributed by atoms with van der Waals surface area (Å²) in [7, 11) is 0. The summed E-state index contributed by atoms with van der Waals surface area (Å²) >= 11 is 0. The number of nitrogens with zero attached hydrogens (tertiary/aromatic N) is 1. The van der Waals surface area contributed by atoms with E-state index in [1.54, 1.807) is 13.8 Å². The number of aromatic nitrogens is 2. The minimum Gasteiger partial charge on any atom is -0.481 e. The van der Waals surface area contributed by atoms with Crippen LogP contribution < -0.4 is 11.1 Å². The summed E-state index contributed by atoms with van der Waals surface area (Å²) in [5.74, 6) is -0.952. The molecule has 0 amide bonds. The molecule has 0 aliphatic carbocycles. The lowest BCUT2D eigenvalue weighted by Gasteiger charge is -2.16. The van der Waals surface area contributed by atoms with Gasteiger partial charge in [0.25, 0.3) is 0 Å². The van der Waals surface area contributed by atoms with Crippen LogP contribution in [0.5, 0.6) is 0 Å². The third-order valence-corrected chi connectivity index (χ3v) is 5.12. The zero-order chi connectivity index (χ0) is 19.5. The molecule has 0 bridgehead atoms. The van der Waals surface area contributed by atoms with E-state index in [0.717, 1.165) is 22.1 Å². The number of carboxylic acid groups (broad SMARTS) is 1. The number of H-pyrrole nitrogens is 1. The number of carboxylic acids is 1. The van der Waals surface area contributed by atoms with E-state index in [9.17, 15) is 19.5 Å². The summed E-state index contributed by atoms with van der Waals surface area (Å²) < 4.78 is 1.42. The molecule has 0 atom stereocenters. The number of rotatable bonds is 3. The van der Waals surface area contributed by atoms with E-state index in [4.69, 9.17) is 0 Å². The second-order valence-electron chi connectivity index (χ2n) is 6.93. The van der Waals surface area contributed by atoms with Gasteiger partial charge in [0.1, 0.15) is 0 Å². The summed E-state index contributed by atoms with van der Waals surface area (Å²) in [5.41, 5.74) is 4.51. The van der Waals surface area contributed by atoms with E-state index in [1.165, 1.54) is 4.40 Å². The third-order valence-electron chi connectivity index (χ3n) is 5.12. The highest BCUT2D eigenvalue weighted by atomic mass is 16.4. The molecule has 0 fully saturated rings. The van der Waals surface area contributed by atoms with Gasteiger partial charge in [-0.25, -0.2) is 0 Å². The summed E-state index contributed by atoms with van der Waals surface area (Å²) in [6.07, 6.45) is -0.175. The Balaban J connectivity index is 2.27. The number of nitrogens with one attached hydrogen (secondary N) is 1. The molecular formula is C21H18N2O4. The van der Waals surface area contributed by atoms with Gasteiger partial charge in [-0.15, -0.1) is 0 Å². The second kappa shape index (κ2) is 5.81. The van der Waals surface area contributed by atoms with Gasteiger partial charge in [0.15, 0.2) is 0 Å². The van der Waals surface area contributed by atoms with Crippen LogP contribution in [-0.2, 0) is 11.2 Å². The van der Waals surface area contributed by atoms with Crippen LogP contribution >= 0.6 is 0 Å². The van der Waals surface area contributed by atoms with Crippen molar-refractivity contribution < 1.29 is 9.90 Å². The average molecular weight is 362 g/mol. The van der Waals surface area contributed by atoms with Crippen molar-refractivity contribution in [3.63, 3.8) is 0 Å². The fraction of sp³-hybridized carbons (Fsp3) is 0.190. The van der Waals surface area contributed by atoms with E-state index in [1.807, 2.05) is 37.3 Å². The number of benzene rings is 2. The first-order valence-corrected chi connectivity index (χ1v) is 8.61. The quantitative estimate of drug-likeness (QED) is 0.548. The Morgan fingerprint density at radius 1 is 1.11 bits per heavy atom. The summed E-state index contributed by atoms with van der Waals surface area (Å²) in [4.78, 5) is 38.7. The predicted molar refractivity (Wildman–Crippen MR) is 104 cm³/mol. The molecule has 6 nitrogen and oxygen atoms in total. The van der Waals surface area contributed by atoms with Gasteiger partial charge in [-0.2, -0.15) is 0 Å². The van der Waals surface area contributed by atoms with E-state index in [2.05, 4.69) is 4.98 Å². The Labute approximate surface area is 154 Å². The lowest BCUT2D eigenvalue weighted by molar-refractivity contribution is -0.136. The largest absolute Gasteiger partial charge is 0.481 e. The molecular weight excluding hydrogens is 344 g/mol. The van der Waals surface area contributed by atoms with Crippen molar-refractivity contribution >= 4 is 22.4 Å². The maximum Gasteiger partial charge on any atom is 0.321 e. The lowest BCUT2D eigenvalue weighted by Crippen LogP contribution is -2.33. The van der Waals surface area contributed by atoms with Crippen LogP contribution in [0, 0.1) is 20.8 Å². The molecule has 0 spiro atoms. The smallest absolute Gasteiger partial charge is 0.321 e. The van der Waals surface area contributed by atoms with Crippen molar-refractivity contribution in [2.45, 2.75) is 27.2 Å². The Morgan fingerprint density at radius 3 is 2.41 bits per heavy atom. The van der Waals surface area contributed by atoms with Crippen LogP contribution in [0.3, 0.4) is 0 Å². The molecule has 2 heterocycles. The molecule has 2 aromatic heterocycles. The van der Waals surface area contributed by atoms with Crippen molar-refractivity contribution in [1.82, 2.24) is 9.38 Å². The molecule has 0 saturated carbocycles. The first kappa shape index (κ1) is 17.0. The summed E-state index contributed by atoms with van der Waals surface area (Å²) in [5, 5.41) is 10.2. The second-order valence-corrected chi connectivity index (χ2v) is 6.93. The standard InChI is InChI=1S/C21H18N2O4/c1-10-4-6-13(7-5-10)17-14(9-16(24)25)12(3)18-19-15(17)8-11(2)23(19)21(27)20(26)22-18/h4-8H,9H2,1-3H3,(H,22,26)(H,24,25). The zero-order valence-electron chi connectivity index (χ0n) is 15.2. The van der Waals surface area contributed by atoms with Gasteiger partial charge in [0, 0.05) is 11.1 Å². The average Bonchev–Trinajstić information content (AvgIpc) is 2.95. The molecule has 4 aromatic rings. The van der Waals surface area contributed by atoms with E-state index >= 15 is 0 Å². The minimum atomic E-state index is -0.952. The number of aliphatic carboxylic acids is 1. The number of hydrogen-bond donors (Lipinski definition) is 2. The predicted octanol–water partition coefficient (Wildman–Crippen LogP) is 2.80. The normalized spacial score (nSPS) is 11.5. The van der Waals surface area contributed by atoms with Crippen molar-refractivity contribution in [1.29, 1.82) is 0 Å². The highest BCUT2D eigenvalue weighted by Gasteiger charge is 2.23. The van der Waals surface area contributed by atoms with Crippen LogP contribution in [0.15, 0.2) is 39.9 Å². The molecule has 2 aromatic carbocycles. The van der Waals surface area contributed by atoms with Crippen LogP contribution in [0.2, 0.25) is 0 Å². The van der Waals surface area contributed by atoms with Crippen LogP contribution in [0.25, 0.3) is 27.5 Å². The SMILES string of the molecule is Cc1ccc(-c2c(CC(=O)O)c(C)c3[nH]c(=O)c(=O)n4c(C)cc2c34)cc1. The Morgan fingerprint density at radius 2 is 1.78 bits per heavy atom. The number of carbonyl (C=O) groups is 1. The molecule has 6 heteroatoms. The Bertz CT molecular complexity index is 1330. The van der Waals surface area contributed by atoms with Crippen molar-refractivity contribution in [2.75, 3.05) is 0 Å². The first-order valence-electron chi connectivity index (χ1n) is 8.61. The molecule has 0 radical (unpaired) electrons. The fourth-order valence-electron chi connectivity index (χ4n) is 3.86. The Hall–Kier alpha value is -3.41. The van der Waals surface area contributed by atoms with Gasteiger partial charge in [-0.3, -0.25) is 18.8 Å². The van der Waals surface area contributed by atoms with E-state index < -0.39 is 17.1 Å². The number of hydrogen-bond acceptors (Lipinski definition) is 3. The molecule has 0 unspecified atom stereocenters. The molecule has 27 heavy (non-hydrogen) atoms. The highest BCUT2D eigenvalue weighted by Crippen LogP contribution is 2.38. The van der Waals surface area contributed by atoms with Gasteiger partial charge in [0.2, 0.25) is 0 Å². The van der Waals surface area contributed by atoms with Crippen molar-refractivity contribution in [2.24, 2.45) is 0 Å². The van der Waals surface area contributed by atoms with Gasteiger partial charge in [0.05, 0.1) is 17.5 Å². The van der Waals surface area contributed by atoms with E-state index in [0.29, 0.717) is 27.9 Å². The van der Waals surface area contributed by atoms with Gasteiger partial charge >= 0.3 is 17.1 Å². The first-order chi connectivity index (χ1) is 12.8. The fourth-order valence-corrected chi connectivity index (χ4v) is 3.86. The number of aromatic amines is 1. The third kappa shape index (κ3) is 2.44. The lowest BCUT2D eigenvalue weighted by atomic mass is 9.89. The number of aryl methyl sites for hydroxylation is 3. The molecule has 0 aliphatic rings. The van der Waals surface area contributed by atoms with Crippen LogP contribution in [0.1, 0.15) is 22.4 Å².